The summed E-state index contributed by atoms with van der Waals surface area (Å²) in [6.45, 7) is 10.3. The molecule has 0 spiro atoms. The Kier molecular flexibility index (Phi) is 8.35. The third-order valence-corrected chi connectivity index (χ3v) is 4.20. The fourth-order valence-electron chi connectivity index (χ4n) is 2.96. The van der Waals surface area contributed by atoms with Crippen LogP contribution < -0.4 is 5.32 Å². The topological polar surface area (TPSA) is 52.7 Å². The summed E-state index contributed by atoms with van der Waals surface area (Å²) in [6, 6.07) is 0.349. The molecule has 1 saturated heterocycles. The van der Waals surface area contributed by atoms with Gasteiger partial charge in [-0.2, -0.15) is 0 Å². The monoisotopic (exact) mass is 297 g/mol. The number of carbonyl (C=O) groups is 2. The molecule has 1 aliphatic rings. The van der Waals surface area contributed by atoms with Gasteiger partial charge >= 0.3 is 0 Å². The zero-order valence-corrected chi connectivity index (χ0v) is 13.9. The molecule has 1 rings (SSSR count). The van der Waals surface area contributed by atoms with Crippen molar-refractivity contribution in [2.45, 2.75) is 58.9 Å². The minimum Gasteiger partial charge on any atom is -0.343 e. The average Bonchev–Trinajstić information content (AvgIpc) is 2.52. The van der Waals surface area contributed by atoms with Crippen LogP contribution in [0.3, 0.4) is 0 Å². The molecular weight excluding hydrogens is 266 g/mol. The van der Waals surface area contributed by atoms with Gasteiger partial charge in [-0.1, -0.05) is 6.92 Å². The number of rotatable bonds is 8. The minimum absolute atomic E-state index is 0.0927. The van der Waals surface area contributed by atoms with Crippen LogP contribution >= 0.6 is 0 Å². The molecule has 2 amide bonds. The predicted molar refractivity (Wildman–Crippen MR) is 85.1 cm³/mol. The minimum atomic E-state index is 0.0927. The predicted octanol–water partition coefficient (Wildman–Crippen LogP) is 1.63. The van der Waals surface area contributed by atoms with Crippen LogP contribution in [0.5, 0.6) is 0 Å². The van der Waals surface area contributed by atoms with Crippen LogP contribution in [-0.2, 0) is 9.59 Å². The summed E-state index contributed by atoms with van der Waals surface area (Å²) >= 11 is 0. The van der Waals surface area contributed by atoms with Crippen LogP contribution in [0.4, 0.5) is 0 Å². The van der Waals surface area contributed by atoms with Gasteiger partial charge in [-0.15, -0.1) is 0 Å². The van der Waals surface area contributed by atoms with Gasteiger partial charge in [0.2, 0.25) is 11.8 Å². The zero-order chi connectivity index (χ0) is 15.7. The van der Waals surface area contributed by atoms with Gasteiger partial charge < -0.3 is 15.1 Å². The summed E-state index contributed by atoms with van der Waals surface area (Å²) in [4.78, 5) is 28.3. The first kappa shape index (κ1) is 18.0. The summed E-state index contributed by atoms with van der Waals surface area (Å²) in [7, 11) is 0. The second-order valence-electron chi connectivity index (χ2n) is 5.63. The molecule has 0 aromatic heterocycles. The Morgan fingerprint density at radius 1 is 1.00 bits per heavy atom. The normalized spacial score (nSPS) is 15.8. The fourth-order valence-corrected chi connectivity index (χ4v) is 2.96. The molecule has 122 valence electrons. The molecule has 21 heavy (non-hydrogen) atoms. The van der Waals surface area contributed by atoms with Gasteiger partial charge in [0.15, 0.2) is 0 Å². The fraction of sp³-hybridized carbons (Fsp3) is 0.875. The molecule has 1 heterocycles. The Balaban J connectivity index is 2.50. The molecule has 0 atom stereocenters. The Bertz CT molecular complexity index is 323. The van der Waals surface area contributed by atoms with Crippen LogP contribution in [-0.4, -0.2) is 60.4 Å². The Labute approximate surface area is 129 Å². The lowest BCUT2D eigenvalue weighted by atomic mass is 10.0. The maximum Gasteiger partial charge on any atom is 0.223 e. The summed E-state index contributed by atoms with van der Waals surface area (Å²) in [6.07, 6.45) is 3.70. The van der Waals surface area contributed by atoms with Gasteiger partial charge in [0.05, 0.1) is 0 Å². The molecule has 0 aromatic rings. The van der Waals surface area contributed by atoms with E-state index >= 15 is 0 Å². The second kappa shape index (κ2) is 9.77. The lowest BCUT2D eigenvalue weighted by Crippen LogP contribution is -2.46. The lowest BCUT2D eigenvalue weighted by molar-refractivity contribution is -0.138. The van der Waals surface area contributed by atoms with Gasteiger partial charge in [0, 0.05) is 38.5 Å². The highest BCUT2D eigenvalue weighted by molar-refractivity contribution is 5.84. The summed E-state index contributed by atoms with van der Waals surface area (Å²) in [5.41, 5.74) is 0. The van der Waals surface area contributed by atoms with E-state index in [0.29, 0.717) is 18.9 Å². The Morgan fingerprint density at radius 3 is 2.10 bits per heavy atom. The molecule has 0 radical (unpaired) electrons. The highest BCUT2D eigenvalue weighted by Gasteiger charge is 2.25. The highest BCUT2D eigenvalue weighted by Crippen LogP contribution is 2.15. The third-order valence-electron chi connectivity index (χ3n) is 4.20. The number of hydrogen-bond acceptors (Lipinski definition) is 3. The molecule has 5 nitrogen and oxygen atoms in total. The van der Waals surface area contributed by atoms with Crippen molar-refractivity contribution in [2.75, 3.05) is 32.7 Å². The molecule has 0 bridgehead atoms. The highest BCUT2D eigenvalue weighted by atomic mass is 16.2. The SMILES string of the molecule is CCCN(C(=O)CCC(=O)N(CC)CC)C1CCNCC1. The van der Waals surface area contributed by atoms with E-state index in [9.17, 15) is 9.59 Å². The quantitative estimate of drug-likeness (QED) is 0.741. The van der Waals surface area contributed by atoms with E-state index in [-0.39, 0.29) is 11.8 Å². The van der Waals surface area contributed by atoms with Crippen molar-refractivity contribution in [1.29, 1.82) is 0 Å². The standard InChI is InChI=1S/C16H31N3O2/c1-4-13-19(14-9-11-17-12-10-14)16(21)8-7-15(20)18(5-2)6-3/h14,17H,4-13H2,1-3H3. The van der Waals surface area contributed by atoms with Crippen molar-refractivity contribution in [1.82, 2.24) is 15.1 Å². The molecular formula is C16H31N3O2. The molecule has 1 aliphatic heterocycles. The zero-order valence-electron chi connectivity index (χ0n) is 13.9. The number of hydrogen-bond donors (Lipinski definition) is 1. The smallest absolute Gasteiger partial charge is 0.223 e. The first-order chi connectivity index (χ1) is 10.1. The van der Waals surface area contributed by atoms with E-state index in [0.717, 1.165) is 52.0 Å². The van der Waals surface area contributed by atoms with Crippen LogP contribution in [0, 0.1) is 0 Å². The van der Waals surface area contributed by atoms with Crippen LogP contribution in [0.2, 0.25) is 0 Å². The maximum absolute atomic E-state index is 12.5. The van der Waals surface area contributed by atoms with Crippen molar-refractivity contribution in [3.63, 3.8) is 0 Å². The number of nitrogens with zero attached hydrogens (tertiary/aromatic N) is 2. The van der Waals surface area contributed by atoms with Crippen molar-refractivity contribution < 1.29 is 9.59 Å². The molecule has 0 aliphatic carbocycles. The molecule has 5 heteroatoms. The van der Waals surface area contributed by atoms with Crippen molar-refractivity contribution >= 4 is 11.8 Å². The second-order valence-corrected chi connectivity index (χ2v) is 5.63. The Hall–Kier alpha value is -1.10. The van der Waals surface area contributed by atoms with Crippen LogP contribution in [0.25, 0.3) is 0 Å². The summed E-state index contributed by atoms with van der Waals surface area (Å²) < 4.78 is 0. The van der Waals surface area contributed by atoms with Gasteiger partial charge in [-0.05, 0) is 46.2 Å². The van der Waals surface area contributed by atoms with E-state index in [1.807, 2.05) is 18.7 Å². The maximum atomic E-state index is 12.5. The molecule has 1 N–H and O–H groups in total. The Morgan fingerprint density at radius 2 is 1.57 bits per heavy atom. The first-order valence-corrected chi connectivity index (χ1v) is 8.41. The number of carbonyl (C=O) groups excluding carboxylic acids is 2. The van der Waals surface area contributed by atoms with E-state index < -0.39 is 0 Å². The molecule has 1 fully saturated rings. The number of nitrogens with one attached hydrogen (secondary N) is 1. The van der Waals surface area contributed by atoms with Crippen LogP contribution in [0.15, 0.2) is 0 Å². The van der Waals surface area contributed by atoms with E-state index in [1.54, 1.807) is 4.90 Å². The van der Waals surface area contributed by atoms with Gasteiger partial charge in [-0.3, -0.25) is 9.59 Å². The van der Waals surface area contributed by atoms with E-state index in [2.05, 4.69) is 12.2 Å². The van der Waals surface area contributed by atoms with Crippen molar-refractivity contribution in [2.24, 2.45) is 0 Å². The van der Waals surface area contributed by atoms with Crippen LogP contribution in [0.1, 0.15) is 52.9 Å². The average molecular weight is 297 g/mol. The summed E-state index contributed by atoms with van der Waals surface area (Å²) in [5.74, 6) is 0.236. The summed E-state index contributed by atoms with van der Waals surface area (Å²) in [5, 5.41) is 3.33. The van der Waals surface area contributed by atoms with Gasteiger partial charge in [-0.25, -0.2) is 0 Å². The first-order valence-electron chi connectivity index (χ1n) is 8.41. The largest absolute Gasteiger partial charge is 0.343 e. The van der Waals surface area contributed by atoms with Crippen molar-refractivity contribution in [3.05, 3.63) is 0 Å². The van der Waals surface area contributed by atoms with Crippen molar-refractivity contribution in [3.8, 4) is 0 Å². The molecule has 0 unspecified atom stereocenters. The van der Waals surface area contributed by atoms with Gasteiger partial charge in [0.1, 0.15) is 0 Å². The van der Waals surface area contributed by atoms with Gasteiger partial charge in [0.25, 0.3) is 0 Å². The number of amides is 2. The van der Waals surface area contributed by atoms with E-state index in [1.165, 1.54) is 0 Å². The molecule has 0 saturated carbocycles. The lowest BCUT2D eigenvalue weighted by Gasteiger charge is -2.34. The van der Waals surface area contributed by atoms with E-state index in [4.69, 9.17) is 0 Å². The molecule has 0 aromatic carbocycles. The third kappa shape index (κ3) is 5.65. The number of piperidine rings is 1.